The van der Waals surface area contributed by atoms with Gasteiger partial charge < -0.3 is 10.0 Å². The van der Waals surface area contributed by atoms with Crippen molar-refractivity contribution in [1.82, 2.24) is 9.80 Å². The van der Waals surface area contributed by atoms with E-state index < -0.39 is 6.10 Å². The monoisotopic (exact) mass is 352 g/mol. The van der Waals surface area contributed by atoms with Gasteiger partial charge in [0.2, 0.25) is 5.91 Å². The topological polar surface area (TPSA) is 60.9 Å². The second-order valence-corrected chi connectivity index (χ2v) is 6.70. The molecule has 1 aromatic carbocycles. The van der Waals surface area contributed by atoms with Crippen molar-refractivity contribution in [2.75, 3.05) is 26.2 Å². The Labute approximate surface area is 153 Å². The SMILES string of the molecule is C=C1C=CC=C(C(=O)CC(=O)N2CCN(Cc3ccccc3)CC2)C1O. The summed E-state index contributed by atoms with van der Waals surface area (Å²) in [4.78, 5) is 28.8. The fourth-order valence-electron chi connectivity index (χ4n) is 3.25. The summed E-state index contributed by atoms with van der Waals surface area (Å²) in [6.45, 7) is 7.40. The van der Waals surface area contributed by atoms with Crippen molar-refractivity contribution < 1.29 is 14.7 Å². The number of benzene rings is 1. The quantitative estimate of drug-likeness (QED) is 0.820. The van der Waals surface area contributed by atoms with Gasteiger partial charge >= 0.3 is 0 Å². The van der Waals surface area contributed by atoms with Crippen molar-refractivity contribution in [2.45, 2.75) is 19.1 Å². The smallest absolute Gasteiger partial charge is 0.230 e. The highest BCUT2D eigenvalue weighted by atomic mass is 16.3. The third-order valence-electron chi connectivity index (χ3n) is 4.84. The van der Waals surface area contributed by atoms with E-state index in [0.29, 0.717) is 18.7 Å². The Hall–Kier alpha value is -2.50. The number of hydrogen-bond donors (Lipinski definition) is 1. The summed E-state index contributed by atoms with van der Waals surface area (Å²) < 4.78 is 0. The maximum atomic E-state index is 12.4. The summed E-state index contributed by atoms with van der Waals surface area (Å²) in [6.07, 6.45) is 3.68. The van der Waals surface area contributed by atoms with Crippen molar-refractivity contribution in [3.63, 3.8) is 0 Å². The number of hydrogen-bond acceptors (Lipinski definition) is 4. The van der Waals surface area contributed by atoms with Crippen molar-refractivity contribution >= 4 is 11.7 Å². The summed E-state index contributed by atoms with van der Waals surface area (Å²) in [5, 5.41) is 10.0. The second-order valence-electron chi connectivity index (χ2n) is 6.70. The maximum Gasteiger partial charge on any atom is 0.230 e. The van der Waals surface area contributed by atoms with Gasteiger partial charge in [0.25, 0.3) is 0 Å². The van der Waals surface area contributed by atoms with E-state index in [1.807, 2.05) is 18.2 Å². The zero-order chi connectivity index (χ0) is 18.5. The molecule has 2 aliphatic rings. The number of carbonyl (C=O) groups is 2. The predicted molar refractivity (Wildman–Crippen MR) is 100 cm³/mol. The molecule has 1 fully saturated rings. The molecule has 1 saturated heterocycles. The lowest BCUT2D eigenvalue weighted by atomic mass is 9.93. The molecule has 1 unspecified atom stereocenters. The summed E-state index contributed by atoms with van der Waals surface area (Å²) in [5.41, 5.74) is 1.97. The molecule has 0 saturated carbocycles. The number of carbonyl (C=O) groups excluding carboxylic acids is 2. The highest BCUT2D eigenvalue weighted by Crippen LogP contribution is 2.20. The number of amides is 1. The highest BCUT2D eigenvalue weighted by molar-refractivity contribution is 6.08. The van der Waals surface area contributed by atoms with E-state index in [4.69, 9.17) is 0 Å². The Morgan fingerprint density at radius 3 is 2.50 bits per heavy atom. The standard InChI is InChI=1S/C21H24N2O3/c1-16-6-5-9-18(21(16)26)19(24)14-20(25)23-12-10-22(11-13-23)15-17-7-3-2-4-8-17/h2-9,21,26H,1,10-15H2. The van der Waals surface area contributed by atoms with Crippen molar-refractivity contribution in [2.24, 2.45) is 0 Å². The molecule has 5 nitrogen and oxygen atoms in total. The van der Waals surface area contributed by atoms with Gasteiger partial charge in [-0.25, -0.2) is 0 Å². The number of rotatable bonds is 5. The van der Waals surface area contributed by atoms with Crippen LogP contribution in [0.25, 0.3) is 0 Å². The van der Waals surface area contributed by atoms with E-state index in [1.165, 1.54) is 5.56 Å². The average Bonchev–Trinajstić information content (AvgIpc) is 2.65. The Morgan fingerprint density at radius 1 is 1.12 bits per heavy atom. The summed E-state index contributed by atoms with van der Waals surface area (Å²) in [6, 6.07) is 10.3. The largest absolute Gasteiger partial charge is 0.384 e. The first kappa shape index (κ1) is 18.3. The molecule has 26 heavy (non-hydrogen) atoms. The van der Waals surface area contributed by atoms with Crippen LogP contribution in [0.2, 0.25) is 0 Å². The molecule has 1 atom stereocenters. The van der Waals surface area contributed by atoms with E-state index in [9.17, 15) is 14.7 Å². The van der Waals surface area contributed by atoms with E-state index in [0.717, 1.165) is 19.6 Å². The fourth-order valence-corrected chi connectivity index (χ4v) is 3.25. The van der Waals surface area contributed by atoms with Gasteiger partial charge in [-0.15, -0.1) is 0 Å². The number of Topliss-reactive ketones (excluding diaryl/α,β-unsaturated/α-hetero) is 1. The van der Waals surface area contributed by atoms with Crippen molar-refractivity contribution in [3.8, 4) is 0 Å². The van der Waals surface area contributed by atoms with Gasteiger partial charge in [0.15, 0.2) is 5.78 Å². The minimum atomic E-state index is -1.01. The lowest BCUT2D eigenvalue weighted by Crippen LogP contribution is -2.48. The molecular formula is C21H24N2O3. The summed E-state index contributed by atoms with van der Waals surface area (Å²) >= 11 is 0. The van der Waals surface area contributed by atoms with Crippen LogP contribution in [-0.4, -0.2) is 58.9 Å². The van der Waals surface area contributed by atoms with Crippen LogP contribution in [0, 0.1) is 0 Å². The molecule has 1 amide bonds. The van der Waals surface area contributed by atoms with Crippen LogP contribution in [0.15, 0.2) is 66.3 Å². The molecule has 3 rings (SSSR count). The van der Waals surface area contributed by atoms with Gasteiger partial charge in [-0.1, -0.05) is 55.1 Å². The molecule has 0 aromatic heterocycles. The number of allylic oxidation sites excluding steroid dienone is 2. The third-order valence-corrected chi connectivity index (χ3v) is 4.84. The fraction of sp³-hybridized carbons (Fsp3) is 0.333. The maximum absolute atomic E-state index is 12.4. The highest BCUT2D eigenvalue weighted by Gasteiger charge is 2.27. The van der Waals surface area contributed by atoms with Gasteiger partial charge in [-0.05, 0) is 11.1 Å². The third kappa shape index (κ3) is 4.36. The van der Waals surface area contributed by atoms with Crippen LogP contribution in [0.5, 0.6) is 0 Å². The number of ketones is 1. The van der Waals surface area contributed by atoms with E-state index in [2.05, 4.69) is 23.6 Å². The second kappa shape index (κ2) is 8.25. The Bertz CT molecular complexity index is 744. The van der Waals surface area contributed by atoms with Gasteiger partial charge in [-0.2, -0.15) is 0 Å². The summed E-state index contributed by atoms with van der Waals surface area (Å²) in [7, 11) is 0. The van der Waals surface area contributed by atoms with E-state index in [1.54, 1.807) is 23.1 Å². The number of aliphatic hydroxyl groups is 1. The lowest BCUT2D eigenvalue weighted by Gasteiger charge is -2.34. The zero-order valence-corrected chi connectivity index (χ0v) is 14.8. The molecule has 5 heteroatoms. The van der Waals surface area contributed by atoms with Crippen molar-refractivity contribution in [1.29, 1.82) is 0 Å². The Morgan fingerprint density at radius 2 is 1.81 bits per heavy atom. The predicted octanol–water partition coefficient (Wildman–Crippen LogP) is 1.70. The van der Waals surface area contributed by atoms with Crippen LogP contribution < -0.4 is 0 Å². The lowest BCUT2D eigenvalue weighted by molar-refractivity contribution is -0.136. The van der Waals surface area contributed by atoms with Crippen LogP contribution >= 0.6 is 0 Å². The van der Waals surface area contributed by atoms with Crippen LogP contribution in [0.4, 0.5) is 0 Å². The first-order chi connectivity index (χ1) is 12.5. The first-order valence-electron chi connectivity index (χ1n) is 8.87. The molecule has 1 heterocycles. The molecule has 0 bridgehead atoms. The van der Waals surface area contributed by atoms with Crippen LogP contribution in [0.1, 0.15) is 12.0 Å². The van der Waals surface area contributed by atoms with Gasteiger partial charge in [0, 0.05) is 38.3 Å². The number of piperazine rings is 1. The molecule has 1 aromatic rings. The van der Waals surface area contributed by atoms with Crippen LogP contribution in [0.3, 0.4) is 0 Å². The average molecular weight is 352 g/mol. The van der Waals surface area contributed by atoms with Gasteiger partial charge in [0.05, 0.1) is 6.42 Å². The minimum absolute atomic E-state index is 0.178. The summed E-state index contributed by atoms with van der Waals surface area (Å²) in [5.74, 6) is -0.512. The molecule has 0 spiro atoms. The molecule has 1 N–H and O–H groups in total. The Kier molecular flexibility index (Phi) is 5.81. The van der Waals surface area contributed by atoms with Gasteiger partial charge in [0.1, 0.15) is 6.10 Å². The normalized spacial score (nSPS) is 20.8. The molecule has 136 valence electrons. The van der Waals surface area contributed by atoms with E-state index >= 15 is 0 Å². The molecular weight excluding hydrogens is 328 g/mol. The van der Waals surface area contributed by atoms with Crippen LogP contribution in [-0.2, 0) is 16.1 Å². The van der Waals surface area contributed by atoms with E-state index in [-0.39, 0.29) is 23.7 Å². The molecule has 1 aliphatic heterocycles. The van der Waals surface area contributed by atoms with Gasteiger partial charge in [-0.3, -0.25) is 14.5 Å². The molecule has 0 radical (unpaired) electrons. The molecule has 1 aliphatic carbocycles. The first-order valence-corrected chi connectivity index (χ1v) is 8.87. The number of nitrogens with zero attached hydrogens (tertiary/aromatic N) is 2. The number of aliphatic hydroxyl groups excluding tert-OH is 1. The minimum Gasteiger partial charge on any atom is -0.384 e. The zero-order valence-electron chi connectivity index (χ0n) is 14.8. The van der Waals surface area contributed by atoms with Crippen molar-refractivity contribution in [3.05, 3.63) is 71.8 Å². The Balaban J connectivity index is 1.49.